The zero-order valence-corrected chi connectivity index (χ0v) is 9.37. The Labute approximate surface area is 90.5 Å². The number of anilines is 1. The molecule has 3 heteroatoms. The highest BCUT2D eigenvalue weighted by Crippen LogP contribution is 2.23. The summed E-state index contributed by atoms with van der Waals surface area (Å²) >= 11 is 0. The van der Waals surface area contributed by atoms with Crippen molar-refractivity contribution < 1.29 is 4.74 Å². The van der Waals surface area contributed by atoms with Crippen molar-refractivity contribution in [1.29, 1.82) is 5.26 Å². The van der Waals surface area contributed by atoms with Crippen molar-refractivity contribution in [3.63, 3.8) is 0 Å². The topological polar surface area (TPSA) is 59.0 Å². The highest BCUT2D eigenvalue weighted by molar-refractivity contribution is 5.53. The third kappa shape index (κ3) is 3.51. The van der Waals surface area contributed by atoms with Gasteiger partial charge in [0.25, 0.3) is 0 Å². The normalized spacial score (nSPS) is 10.8. The molecule has 0 aromatic heterocycles. The molecule has 0 bridgehead atoms. The molecular formula is C12H16N2O. The molecule has 1 rings (SSSR count). The number of nitrogen functional groups attached to an aromatic ring is 1. The zero-order valence-electron chi connectivity index (χ0n) is 9.37. The molecule has 3 nitrogen and oxygen atoms in total. The van der Waals surface area contributed by atoms with Crippen molar-refractivity contribution in [2.75, 3.05) is 12.3 Å². The molecular weight excluding hydrogens is 188 g/mol. The van der Waals surface area contributed by atoms with E-state index < -0.39 is 0 Å². The lowest BCUT2D eigenvalue weighted by Gasteiger charge is -2.19. The van der Waals surface area contributed by atoms with Gasteiger partial charge in [-0.3, -0.25) is 0 Å². The van der Waals surface area contributed by atoms with E-state index in [9.17, 15) is 0 Å². The maximum Gasteiger partial charge on any atom is 0.137 e. The summed E-state index contributed by atoms with van der Waals surface area (Å²) in [4.78, 5) is 0. The first kappa shape index (κ1) is 11.4. The maximum absolute atomic E-state index is 8.89. The molecule has 1 aromatic rings. The lowest BCUT2D eigenvalue weighted by Crippen LogP contribution is -2.17. The number of hydrogen-bond acceptors (Lipinski definition) is 3. The van der Waals surface area contributed by atoms with E-state index >= 15 is 0 Å². The summed E-state index contributed by atoms with van der Waals surface area (Å²) in [5, 5.41) is 8.89. The first-order chi connectivity index (χ1) is 6.92. The smallest absolute Gasteiger partial charge is 0.137 e. The Morgan fingerprint density at radius 2 is 2.07 bits per heavy atom. The third-order valence-corrected chi connectivity index (χ3v) is 1.78. The predicted molar refractivity (Wildman–Crippen MR) is 60.5 cm³/mol. The van der Waals surface area contributed by atoms with Crippen molar-refractivity contribution in [2.45, 2.75) is 20.8 Å². The van der Waals surface area contributed by atoms with Gasteiger partial charge in [-0.1, -0.05) is 20.8 Å². The molecule has 0 aliphatic carbocycles. The Bertz CT molecular complexity index is 386. The summed E-state index contributed by atoms with van der Waals surface area (Å²) in [6.07, 6.45) is 0. The molecule has 0 spiro atoms. The lowest BCUT2D eigenvalue weighted by atomic mass is 9.98. The van der Waals surface area contributed by atoms with Crippen LogP contribution in [0.2, 0.25) is 0 Å². The highest BCUT2D eigenvalue weighted by atomic mass is 16.5. The van der Waals surface area contributed by atoms with E-state index in [0.717, 1.165) is 0 Å². The average molecular weight is 204 g/mol. The number of hydrogen-bond donors (Lipinski definition) is 1. The van der Waals surface area contributed by atoms with Crippen molar-refractivity contribution in [2.24, 2.45) is 5.41 Å². The number of ether oxygens (including phenoxy) is 1. The Morgan fingerprint density at radius 3 is 2.60 bits per heavy atom. The fraction of sp³-hybridized carbons (Fsp3) is 0.417. The molecule has 15 heavy (non-hydrogen) atoms. The molecule has 0 radical (unpaired) electrons. The predicted octanol–water partition coefficient (Wildman–Crippen LogP) is 2.57. The van der Waals surface area contributed by atoms with Gasteiger partial charge < -0.3 is 10.5 Å². The van der Waals surface area contributed by atoms with Crippen LogP contribution in [0.1, 0.15) is 26.3 Å². The van der Waals surface area contributed by atoms with Crippen molar-refractivity contribution in [3.05, 3.63) is 23.8 Å². The van der Waals surface area contributed by atoms with Crippen LogP contribution < -0.4 is 10.5 Å². The molecule has 0 amide bonds. The van der Waals surface area contributed by atoms with Crippen molar-refractivity contribution >= 4 is 5.69 Å². The minimum absolute atomic E-state index is 0.0775. The Hall–Kier alpha value is -1.69. The van der Waals surface area contributed by atoms with E-state index in [1.165, 1.54) is 0 Å². The van der Waals surface area contributed by atoms with Gasteiger partial charge in [0, 0.05) is 5.69 Å². The second-order valence-electron chi connectivity index (χ2n) is 4.72. The average Bonchev–Trinajstić information content (AvgIpc) is 2.14. The van der Waals surface area contributed by atoms with Gasteiger partial charge in [-0.15, -0.1) is 0 Å². The van der Waals surface area contributed by atoms with Crippen LogP contribution in [0.5, 0.6) is 5.75 Å². The largest absolute Gasteiger partial charge is 0.492 e. The summed E-state index contributed by atoms with van der Waals surface area (Å²) in [5.74, 6) is 0.599. The molecule has 0 aliphatic rings. The molecule has 0 atom stereocenters. The molecule has 0 saturated carbocycles. The Morgan fingerprint density at radius 1 is 1.40 bits per heavy atom. The van der Waals surface area contributed by atoms with Gasteiger partial charge in [0.15, 0.2) is 0 Å². The van der Waals surface area contributed by atoms with E-state index in [2.05, 4.69) is 26.8 Å². The first-order valence-electron chi connectivity index (χ1n) is 4.85. The quantitative estimate of drug-likeness (QED) is 0.753. The summed E-state index contributed by atoms with van der Waals surface area (Å²) in [6.45, 7) is 6.81. The van der Waals surface area contributed by atoms with Crippen LogP contribution >= 0.6 is 0 Å². The summed E-state index contributed by atoms with van der Waals surface area (Å²) in [5.41, 5.74) is 6.72. The highest BCUT2D eigenvalue weighted by Gasteiger charge is 2.12. The Kier molecular flexibility index (Phi) is 3.21. The fourth-order valence-corrected chi connectivity index (χ4v) is 1.06. The SMILES string of the molecule is CC(C)(C)COc1ccc(N)cc1C#N. The molecule has 0 unspecified atom stereocenters. The molecule has 0 aliphatic heterocycles. The van der Waals surface area contributed by atoms with Crippen LogP contribution in [0.15, 0.2) is 18.2 Å². The summed E-state index contributed by atoms with van der Waals surface area (Å²) in [7, 11) is 0. The van der Waals surface area contributed by atoms with E-state index in [1.807, 2.05) is 0 Å². The minimum atomic E-state index is 0.0775. The van der Waals surface area contributed by atoms with Gasteiger partial charge >= 0.3 is 0 Å². The van der Waals surface area contributed by atoms with Crippen molar-refractivity contribution in [3.8, 4) is 11.8 Å². The Balaban J connectivity index is 2.82. The summed E-state index contributed by atoms with van der Waals surface area (Å²) < 4.78 is 5.57. The van der Waals surface area contributed by atoms with E-state index in [0.29, 0.717) is 23.6 Å². The molecule has 0 saturated heterocycles. The van der Waals surface area contributed by atoms with E-state index in [1.54, 1.807) is 18.2 Å². The van der Waals surface area contributed by atoms with E-state index in [4.69, 9.17) is 15.7 Å². The number of nitrogens with zero attached hydrogens (tertiary/aromatic N) is 1. The fourth-order valence-electron chi connectivity index (χ4n) is 1.06. The zero-order chi connectivity index (χ0) is 11.5. The third-order valence-electron chi connectivity index (χ3n) is 1.78. The van der Waals surface area contributed by atoms with Crippen LogP contribution in [0, 0.1) is 16.7 Å². The van der Waals surface area contributed by atoms with Crippen LogP contribution in [0.4, 0.5) is 5.69 Å². The van der Waals surface area contributed by atoms with Gasteiger partial charge in [-0.05, 0) is 23.6 Å². The first-order valence-corrected chi connectivity index (χ1v) is 4.85. The number of nitrogens with two attached hydrogens (primary N) is 1. The van der Waals surface area contributed by atoms with Gasteiger partial charge in [-0.25, -0.2) is 0 Å². The molecule has 80 valence electrons. The van der Waals surface area contributed by atoms with Gasteiger partial charge in [-0.2, -0.15) is 5.26 Å². The number of nitriles is 1. The summed E-state index contributed by atoms with van der Waals surface area (Å²) in [6, 6.07) is 7.16. The molecule has 1 aromatic carbocycles. The van der Waals surface area contributed by atoms with Crippen LogP contribution in [-0.2, 0) is 0 Å². The monoisotopic (exact) mass is 204 g/mol. The second kappa shape index (κ2) is 4.22. The van der Waals surface area contributed by atoms with Crippen LogP contribution in [0.3, 0.4) is 0 Å². The van der Waals surface area contributed by atoms with E-state index in [-0.39, 0.29) is 5.41 Å². The number of rotatable bonds is 2. The minimum Gasteiger partial charge on any atom is -0.492 e. The van der Waals surface area contributed by atoms with Gasteiger partial charge in [0.2, 0.25) is 0 Å². The van der Waals surface area contributed by atoms with Crippen LogP contribution in [-0.4, -0.2) is 6.61 Å². The molecule has 0 fully saturated rings. The second-order valence-corrected chi connectivity index (χ2v) is 4.72. The molecule has 0 heterocycles. The molecule has 2 N–H and O–H groups in total. The van der Waals surface area contributed by atoms with Gasteiger partial charge in [0.05, 0.1) is 12.2 Å². The van der Waals surface area contributed by atoms with Gasteiger partial charge in [0.1, 0.15) is 11.8 Å². The lowest BCUT2D eigenvalue weighted by molar-refractivity contribution is 0.197. The maximum atomic E-state index is 8.89. The standard InChI is InChI=1S/C12H16N2O/c1-12(2,3)8-15-11-5-4-10(14)6-9(11)7-13/h4-6H,8,14H2,1-3H3. The van der Waals surface area contributed by atoms with Crippen molar-refractivity contribution in [1.82, 2.24) is 0 Å². The number of benzene rings is 1. The van der Waals surface area contributed by atoms with Crippen LogP contribution in [0.25, 0.3) is 0 Å².